The maximum absolute atomic E-state index is 10.9. The minimum absolute atomic E-state index is 0.00477. The molecule has 0 aromatic carbocycles. The first-order valence-electron chi connectivity index (χ1n) is 8.55. The maximum Gasteiger partial charge on any atom is 0.216 e. The summed E-state index contributed by atoms with van der Waals surface area (Å²) in [6.45, 7) is 4.42. The second-order valence-electron chi connectivity index (χ2n) is 5.58. The summed E-state index contributed by atoms with van der Waals surface area (Å²) in [6, 6.07) is 8.07. The van der Waals surface area contributed by atoms with E-state index in [1.165, 1.54) is 11.8 Å². The number of amides is 1. The quantitative estimate of drug-likeness (QED) is 0.344. The molecule has 0 aliphatic carbocycles. The third-order valence-corrected chi connectivity index (χ3v) is 4.40. The van der Waals surface area contributed by atoms with Crippen molar-refractivity contribution in [1.82, 2.24) is 16.0 Å². The molecule has 6 nitrogen and oxygen atoms in total. The summed E-state index contributed by atoms with van der Waals surface area (Å²) >= 11 is 1.76. The van der Waals surface area contributed by atoms with Crippen LogP contribution in [0.25, 0.3) is 0 Å². The molecule has 7 heteroatoms. The van der Waals surface area contributed by atoms with E-state index in [2.05, 4.69) is 38.5 Å². The summed E-state index contributed by atoms with van der Waals surface area (Å²) < 4.78 is 5.34. The average molecular weight is 362 g/mol. The van der Waals surface area contributed by atoms with Crippen molar-refractivity contribution in [3.8, 4) is 0 Å². The summed E-state index contributed by atoms with van der Waals surface area (Å²) in [7, 11) is 0. The molecule has 0 radical (unpaired) electrons. The molecule has 25 heavy (non-hydrogen) atoms. The molecule has 0 bridgehead atoms. The van der Waals surface area contributed by atoms with E-state index in [-0.39, 0.29) is 5.91 Å². The minimum Gasteiger partial charge on any atom is -0.469 e. The van der Waals surface area contributed by atoms with E-state index in [1.54, 1.807) is 17.6 Å². The molecule has 0 unspecified atom stereocenters. The number of carbonyl (C=O) groups excluding carboxylic acids is 1. The van der Waals surface area contributed by atoms with Gasteiger partial charge in [-0.05, 0) is 36.4 Å². The van der Waals surface area contributed by atoms with Crippen LogP contribution in [0.4, 0.5) is 0 Å². The van der Waals surface area contributed by atoms with Gasteiger partial charge in [-0.25, -0.2) is 0 Å². The molecular weight excluding hydrogens is 336 g/mol. The highest BCUT2D eigenvalue weighted by Gasteiger charge is 2.01. The molecule has 0 saturated heterocycles. The summed E-state index contributed by atoms with van der Waals surface area (Å²) in [5, 5.41) is 11.6. The molecule has 136 valence electrons. The smallest absolute Gasteiger partial charge is 0.216 e. The molecule has 1 amide bonds. The number of carbonyl (C=O) groups is 1. The van der Waals surface area contributed by atoms with E-state index >= 15 is 0 Å². The molecule has 0 spiro atoms. The standard InChI is InChI=1S/C18H26N4O2S/c1-15(23)19-9-4-10-20-18(21-11-7-16-5-2-13-24-16)22-12-8-17-6-3-14-25-17/h2-3,5-6,13-14H,4,7-12H2,1H3,(H,19,23)(H2,20,21,22). The van der Waals surface area contributed by atoms with Crippen LogP contribution in [0, 0.1) is 0 Å². The minimum atomic E-state index is -0.00477. The van der Waals surface area contributed by atoms with E-state index in [0.717, 1.165) is 44.1 Å². The Hall–Kier alpha value is -2.28. The summed E-state index contributed by atoms with van der Waals surface area (Å²) in [6.07, 6.45) is 4.29. The molecule has 2 aromatic rings. The predicted octanol–water partition coefficient (Wildman–Crippen LogP) is 2.19. The Morgan fingerprint density at radius 1 is 1.12 bits per heavy atom. The van der Waals surface area contributed by atoms with Gasteiger partial charge in [-0.1, -0.05) is 6.07 Å². The number of hydrogen-bond acceptors (Lipinski definition) is 4. The van der Waals surface area contributed by atoms with Crippen LogP contribution in [0.1, 0.15) is 24.0 Å². The first-order chi connectivity index (χ1) is 12.2. The number of guanidine groups is 1. The number of furan rings is 1. The fourth-order valence-electron chi connectivity index (χ4n) is 2.23. The van der Waals surface area contributed by atoms with E-state index in [1.807, 2.05) is 12.1 Å². The van der Waals surface area contributed by atoms with Gasteiger partial charge in [-0.2, -0.15) is 0 Å². The molecule has 2 heterocycles. The molecule has 0 aliphatic rings. The first-order valence-corrected chi connectivity index (χ1v) is 9.43. The highest BCUT2D eigenvalue weighted by atomic mass is 32.1. The Morgan fingerprint density at radius 2 is 1.96 bits per heavy atom. The van der Waals surface area contributed by atoms with Crippen LogP contribution in [0.15, 0.2) is 45.3 Å². The van der Waals surface area contributed by atoms with Gasteiger partial charge in [0.25, 0.3) is 0 Å². The van der Waals surface area contributed by atoms with Crippen LogP contribution in [-0.2, 0) is 17.6 Å². The first kappa shape index (κ1) is 19.1. The number of hydrogen-bond donors (Lipinski definition) is 3. The fraction of sp³-hybridized carbons (Fsp3) is 0.444. The Morgan fingerprint density at radius 3 is 2.64 bits per heavy atom. The van der Waals surface area contributed by atoms with Gasteiger partial charge in [0, 0.05) is 44.4 Å². The van der Waals surface area contributed by atoms with Crippen LogP contribution in [0.2, 0.25) is 0 Å². The zero-order valence-electron chi connectivity index (χ0n) is 14.6. The van der Waals surface area contributed by atoms with Crippen LogP contribution in [-0.4, -0.2) is 38.0 Å². The van der Waals surface area contributed by atoms with Crippen molar-refractivity contribution in [2.24, 2.45) is 4.99 Å². The zero-order chi connectivity index (χ0) is 17.7. The number of rotatable bonds is 10. The maximum atomic E-state index is 10.9. The van der Waals surface area contributed by atoms with Gasteiger partial charge in [-0.3, -0.25) is 9.79 Å². The van der Waals surface area contributed by atoms with Gasteiger partial charge < -0.3 is 20.4 Å². The van der Waals surface area contributed by atoms with E-state index in [4.69, 9.17) is 4.42 Å². The number of thiophene rings is 1. The Labute approximate surface area is 152 Å². The summed E-state index contributed by atoms with van der Waals surface area (Å²) in [5.74, 6) is 1.75. The van der Waals surface area contributed by atoms with Crippen LogP contribution >= 0.6 is 11.3 Å². The van der Waals surface area contributed by atoms with Crippen molar-refractivity contribution in [3.05, 3.63) is 46.5 Å². The largest absolute Gasteiger partial charge is 0.469 e. The molecule has 0 atom stereocenters. The monoisotopic (exact) mass is 362 g/mol. The lowest BCUT2D eigenvalue weighted by molar-refractivity contribution is -0.118. The SMILES string of the molecule is CC(=O)NCCCN=C(NCCc1ccco1)NCCc1cccs1. The summed E-state index contributed by atoms with van der Waals surface area (Å²) in [4.78, 5) is 16.8. The zero-order valence-corrected chi connectivity index (χ0v) is 15.4. The van der Waals surface area contributed by atoms with Gasteiger partial charge in [0.15, 0.2) is 5.96 Å². The van der Waals surface area contributed by atoms with E-state index in [0.29, 0.717) is 13.1 Å². The second kappa shape index (κ2) is 11.3. The topological polar surface area (TPSA) is 78.7 Å². The van der Waals surface area contributed by atoms with E-state index in [9.17, 15) is 4.79 Å². The molecule has 3 N–H and O–H groups in total. The van der Waals surface area contributed by atoms with Crippen LogP contribution in [0.5, 0.6) is 0 Å². The Bertz CT molecular complexity index is 581. The number of nitrogens with zero attached hydrogens (tertiary/aromatic N) is 1. The lowest BCUT2D eigenvalue weighted by Crippen LogP contribution is -2.39. The molecule has 0 saturated carbocycles. The lowest BCUT2D eigenvalue weighted by atomic mass is 10.3. The van der Waals surface area contributed by atoms with Crippen LogP contribution in [0.3, 0.4) is 0 Å². The average Bonchev–Trinajstić information content (AvgIpc) is 3.27. The highest BCUT2D eigenvalue weighted by Crippen LogP contribution is 2.08. The number of nitrogens with one attached hydrogen (secondary N) is 3. The third-order valence-electron chi connectivity index (χ3n) is 3.47. The lowest BCUT2D eigenvalue weighted by Gasteiger charge is -2.12. The Kier molecular flexibility index (Phi) is 8.61. The van der Waals surface area contributed by atoms with E-state index < -0.39 is 0 Å². The van der Waals surface area contributed by atoms with Gasteiger partial charge in [-0.15, -0.1) is 11.3 Å². The molecule has 0 aliphatic heterocycles. The molecule has 2 aromatic heterocycles. The van der Waals surface area contributed by atoms with Crippen molar-refractivity contribution in [2.45, 2.75) is 26.2 Å². The van der Waals surface area contributed by atoms with Crippen molar-refractivity contribution < 1.29 is 9.21 Å². The van der Waals surface area contributed by atoms with Gasteiger partial charge in [0.05, 0.1) is 6.26 Å². The van der Waals surface area contributed by atoms with Gasteiger partial charge in [0.1, 0.15) is 5.76 Å². The number of aliphatic imine (C=N–C) groups is 1. The second-order valence-corrected chi connectivity index (χ2v) is 6.61. The van der Waals surface area contributed by atoms with Crippen LogP contribution < -0.4 is 16.0 Å². The van der Waals surface area contributed by atoms with Crippen molar-refractivity contribution in [2.75, 3.05) is 26.2 Å². The van der Waals surface area contributed by atoms with Crippen molar-refractivity contribution in [1.29, 1.82) is 0 Å². The van der Waals surface area contributed by atoms with Crippen molar-refractivity contribution in [3.63, 3.8) is 0 Å². The molecular formula is C18H26N4O2S. The molecule has 0 fully saturated rings. The fourth-order valence-corrected chi connectivity index (χ4v) is 2.94. The predicted molar refractivity (Wildman–Crippen MR) is 102 cm³/mol. The Balaban J connectivity index is 1.73. The van der Waals surface area contributed by atoms with Gasteiger partial charge >= 0.3 is 0 Å². The highest BCUT2D eigenvalue weighted by molar-refractivity contribution is 7.09. The summed E-state index contributed by atoms with van der Waals surface area (Å²) in [5.41, 5.74) is 0. The normalized spacial score (nSPS) is 11.3. The van der Waals surface area contributed by atoms with Crippen molar-refractivity contribution >= 4 is 23.2 Å². The third kappa shape index (κ3) is 8.39. The molecule has 2 rings (SSSR count). The van der Waals surface area contributed by atoms with Gasteiger partial charge in [0.2, 0.25) is 5.91 Å².